The maximum Gasteiger partial charge on any atom is 3.00 e. The molecular weight excluding hydrogens is 184 g/mol. The van der Waals surface area contributed by atoms with E-state index in [0.717, 1.165) is 19.3 Å². The van der Waals surface area contributed by atoms with Crippen LogP contribution in [0.5, 0.6) is 0 Å². The zero-order chi connectivity index (χ0) is 7.82. The molecule has 3 heteroatoms. The molecule has 65 valence electrons. The number of rotatable bonds is 6. The van der Waals surface area contributed by atoms with Gasteiger partial charge in [0.25, 0.3) is 0 Å². The summed E-state index contributed by atoms with van der Waals surface area (Å²) in [6, 6.07) is 0. The summed E-state index contributed by atoms with van der Waals surface area (Å²) in [5, 5.41) is 9.92. The van der Waals surface area contributed by atoms with E-state index in [2.05, 4.69) is 6.92 Å². The van der Waals surface area contributed by atoms with Gasteiger partial charge in [-0.25, -0.2) is 0 Å². The van der Waals surface area contributed by atoms with E-state index in [-0.39, 0.29) is 23.5 Å². The summed E-state index contributed by atoms with van der Waals surface area (Å²) in [7, 11) is 0. The molecule has 0 aliphatic carbocycles. The second kappa shape index (κ2) is 9.99. The van der Waals surface area contributed by atoms with Gasteiger partial charge in [0, 0.05) is 5.97 Å². The van der Waals surface area contributed by atoms with Crippen molar-refractivity contribution in [1.29, 1.82) is 0 Å². The predicted molar refractivity (Wildman–Crippen MR) is 38.4 cm³/mol. The number of unbranched alkanes of at least 4 members (excludes halogenated alkanes) is 4. The molecule has 2 nitrogen and oxygen atoms in total. The van der Waals surface area contributed by atoms with Crippen molar-refractivity contribution >= 4 is 5.97 Å². The molecule has 0 aromatic rings. The molecule has 0 atom stereocenters. The van der Waals surface area contributed by atoms with Crippen molar-refractivity contribution in [2.75, 3.05) is 0 Å². The van der Waals surface area contributed by atoms with Crippen molar-refractivity contribution in [3.05, 3.63) is 0 Å². The summed E-state index contributed by atoms with van der Waals surface area (Å²) < 4.78 is 0. The average Bonchev–Trinajstić information content (AvgIpc) is 1.87. The van der Waals surface area contributed by atoms with Crippen LogP contribution in [0.1, 0.15) is 45.4 Å². The first-order chi connectivity index (χ1) is 4.77. The summed E-state index contributed by atoms with van der Waals surface area (Å²) in [6.45, 7) is 2.14. The van der Waals surface area contributed by atoms with Crippen LogP contribution in [0.2, 0.25) is 0 Å². The molecule has 0 aromatic carbocycles. The zero-order valence-electron chi connectivity index (χ0n) is 6.91. The summed E-state index contributed by atoms with van der Waals surface area (Å²) in [6.07, 6.45) is 5.61. The van der Waals surface area contributed by atoms with Crippen molar-refractivity contribution in [2.24, 2.45) is 0 Å². The van der Waals surface area contributed by atoms with Gasteiger partial charge in [-0.05, 0) is 12.8 Å². The van der Waals surface area contributed by atoms with Gasteiger partial charge in [0.2, 0.25) is 0 Å². The van der Waals surface area contributed by atoms with Crippen LogP contribution in [0.4, 0.5) is 0 Å². The topological polar surface area (TPSA) is 40.1 Å². The van der Waals surface area contributed by atoms with E-state index in [4.69, 9.17) is 0 Å². The minimum absolute atomic E-state index is 0. The number of carbonyl (C=O) groups is 1. The fraction of sp³-hybridized carbons (Fsp3) is 0.875. The number of aliphatic carboxylic acids is 1. The third-order valence-corrected chi connectivity index (χ3v) is 1.48. The van der Waals surface area contributed by atoms with Gasteiger partial charge >= 0.3 is 17.1 Å². The van der Waals surface area contributed by atoms with Gasteiger partial charge in [-0.2, -0.15) is 0 Å². The van der Waals surface area contributed by atoms with Crippen LogP contribution in [-0.4, -0.2) is 5.97 Å². The van der Waals surface area contributed by atoms with Gasteiger partial charge in [-0.3, -0.25) is 0 Å². The molecule has 0 spiro atoms. The average molecular weight is 199 g/mol. The first-order valence-electron chi connectivity index (χ1n) is 3.97. The van der Waals surface area contributed by atoms with Crippen LogP contribution in [-0.2, 0) is 21.9 Å². The van der Waals surface area contributed by atoms with E-state index in [9.17, 15) is 9.90 Å². The summed E-state index contributed by atoms with van der Waals surface area (Å²) in [5.74, 6) is -0.920. The molecule has 0 heterocycles. The third-order valence-electron chi connectivity index (χ3n) is 1.48. The number of hydrogen-bond donors (Lipinski definition) is 0. The van der Waals surface area contributed by atoms with E-state index in [1.807, 2.05) is 0 Å². The summed E-state index contributed by atoms with van der Waals surface area (Å²) in [4.78, 5) is 9.92. The Hall–Kier alpha value is -0.0105. The first-order valence-corrected chi connectivity index (χ1v) is 3.97. The smallest absolute Gasteiger partial charge is 0.550 e. The Morgan fingerprint density at radius 2 is 1.73 bits per heavy atom. The Kier molecular flexibility index (Phi) is 12.3. The Morgan fingerprint density at radius 3 is 2.18 bits per heavy atom. The van der Waals surface area contributed by atoms with Crippen molar-refractivity contribution in [2.45, 2.75) is 45.4 Å². The van der Waals surface area contributed by atoms with Gasteiger partial charge in [0.05, 0.1) is 0 Å². The molecule has 0 aromatic heterocycles. The minimum atomic E-state index is -0.920. The molecule has 1 radical (unpaired) electrons. The maximum absolute atomic E-state index is 9.92. The molecule has 0 fully saturated rings. The Morgan fingerprint density at radius 1 is 1.18 bits per heavy atom. The van der Waals surface area contributed by atoms with Gasteiger partial charge < -0.3 is 9.90 Å². The molecule has 11 heavy (non-hydrogen) atoms. The van der Waals surface area contributed by atoms with Crippen molar-refractivity contribution in [1.82, 2.24) is 0 Å². The van der Waals surface area contributed by atoms with E-state index < -0.39 is 5.97 Å². The van der Waals surface area contributed by atoms with Crippen molar-refractivity contribution in [3.63, 3.8) is 0 Å². The van der Waals surface area contributed by atoms with Crippen LogP contribution in [0.3, 0.4) is 0 Å². The number of hydrogen-bond acceptors (Lipinski definition) is 2. The quantitative estimate of drug-likeness (QED) is 0.474. The van der Waals surface area contributed by atoms with Crippen LogP contribution in [0, 0.1) is 0 Å². The van der Waals surface area contributed by atoms with Gasteiger partial charge in [0.1, 0.15) is 0 Å². The molecule has 0 saturated carbocycles. The molecule has 0 rings (SSSR count). The molecule has 0 amide bonds. The fourth-order valence-corrected chi connectivity index (χ4v) is 0.873. The van der Waals surface area contributed by atoms with E-state index in [0.29, 0.717) is 0 Å². The maximum atomic E-state index is 9.92. The Balaban J connectivity index is 0. The molecular formula is C8H15FeO2+2. The SMILES string of the molecule is CCCCCCCC(=O)[O-].[Fe+3]. The van der Waals surface area contributed by atoms with Crippen LogP contribution < -0.4 is 5.11 Å². The third kappa shape index (κ3) is 13.1. The number of carboxylic acids is 1. The monoisotopic (exact) mass is 199 g/mol. The van der Waals surface area contributed by atoms with Crippen LogP contribution in [0.15, 0.2) is 0 Å². The fourth-order valence-electron chi connectivity index (χ4n) is 0.873. The predicted octanol–water partition coefficient (Wildman–Crippen LogP) is 1.09. The second-order valence-electron chi connectivity index (χ2n) is 2.54. The molecule has 0 bridgehead atoms. The van der Waals surface area contributed by atoms with Gasteiger partial charge in [0.15, 0.2) is 0 Å². The minimum Gasteiger partial charge on any atom is -0.550 e. The number of carbonyl (C=O) groups excluding carboxylic acids is 1. The summed E-state index contributed by atoms with van der Waals surface area (Å²) in [5.41, 5.74) is 0. The van der Waals surface area contributed by atoms with E-state index in [1.165, 1.54) is 12.8 Å². The standard InChI is InChI=1S/C8H16O2.Fe/c1-2-3-4-5-6-7-8(9)10;/h2-7H2,1H3,(H,9,10);/q;+3/p-1. The van der Waals surface area contributed by atoms with Crippen molar-refractivity contribution < 1.29 is 27.0 Å². The molecule has 0 aliphatic heterocycles. The van der Waals surface area contributed by atoms with E-state index >= 15 is 0 Å². The Bertz CT molecular complexity index is 94.1. The van der Waals surface area contributed by atoms with Crippen molar-refractivity contribution in [3.8, 4) is 0 Å². The van der Waals surface area contributed by atoms with Crippen LogP contribution in [0.25, 0.3) is 0 Å². The van der Waals surface area contributed by atoms with E-state index in [1.54, 1.807) is 0 Å². The molecule has 0 N–H and O–H groups in total. The molecule has 0 aliphatic rings. The second-order valence-corrected chi connectivity index (χ2v) is 2.54. The summed E-state index contributed by atoms with van der Waals surface area (Å²) >= 11 is 0. The normalized spacial score (nSPS) is 8.82. The van der Waals surface area contributed by atoms with Crippen LogP contribution >= 0.6 is 0 Å². The first kappa shape index (κ1) is 13.6. The van der Waals surface area contributed by atoms with Gasteiger partial charge in [-0.15, -0.1) is 0 Å². The largest absolute Gasteiger partial charge is 3.00 e. The molecule has 0 saturated heterocycles. The molecule has 0 unspecified atom stereocenters. The van der Waals surface area contributed by atoms with Gasteiger partial charge in [-0.1, -0.05) is 32.6 Å². The zero-order valence-corrected chi connectivity index (χ0v) is 8.02. The Labute approximate surface area is 78.8 Å². The number of carboxylic acid groups (broad SMARTS) is 1.